The quantitative estimate of drug-likeness (QED) is 0.510. The monoisotopic (exact) mass is 430 g/mol. The summed E-state index contributed by atoms with van der Waals surface area (Å²) in [5.41, 5.74) is 4.15. The van der Waals surface area contributed by atoms with Gasteiger partial charge in [-0.05, 0) is 39.4 Å². The maximum absolute atomic E-state index is 4.83. The van der Waals surface area contributed by atoms with Crippen LogP contribution < -0.4 is 10.2 Å². The molecule has 1 saturated heterocycles. The van der Waals surface area contributed by atoms with Crippen molar-refractivity contribution in [3.63, 3.8) is 0 Å². The highest BCUT2D eigenvalue weighted by molar-refractivity contribution is 6.03. The van der Waals surface area contributed by atoms with E-state index >= 15 is 0 Å². The number of hydrogen-bond acceptors (Lipinski definition) is 7. The Kier molecular flexibility index (Phi) is 5.38. The number of benzene rings is 1. The van der Waals surface area contributed by atoms with Crippen molar-refractivity contribution >= 4 is 39.3 Å². The van der Waals surface area contributed by atoms with Gasteiger partial charge in [0.05, 0.1) is 23.1 Å². The molecular formula is C24H30N8. The molecule has 1 fully saturated rings. The van der Waals surface area contributed by atoms with Gasteiger partial charge in [0.2, 0.25) is 5.95 Å². The molecule has 1 aliphatic heterocycles. The van der Waals surface area contributed by atoms with Gasteiger partial charge in [-0.1, -0.05) is 19.1 Å². The largest absolute Gasteiger partial charge is 0.368 e. The highest BCUT2D eigenvalue weighted by atomic mass is 15.3. The van der Waals surface area contributed by atoms with Gasteiger partial charge in [-0.2, -0.15) is 5.10 Å². The molecule has 4 aromatic rings. The number of fused-ring (bicyclic) bond motifs is 3. The lowest BCUT2D eigenvalue weighted by Crippen LogP contribution is -2.46. The van der Waals surface area contributed by atoms with Crippen LogP contribution in [0.2, 0.25) is 0 Å². The van der Waals surface area contributed by atoms with Gasteiger partial charge in [-0.3, -0.25) is 4.68 Å². The molecule has 1 N–H and O–H groups in total. The van der Waals surface area contributed by atoms with Crippen LogP contribution in [0, 0.1) is 6.92 Å². The Bertz CT molecular complexity index is 1250. The smallest absolute Gasteiger partial charge is 0.228 e. The van der Waals surface area contributed by atoms with Crippen LogP contribution in [0.3, 0.4) is 0 Å². The van der Waals surface area contributed by atoms with Crippen LogP contribution >= 0.6 is 0 Å². The Morgan fingerprint density at radius 2 is 1.75 bits per heavy atom. The molecule has 1 aliphatic rings. The Balaban J connectivity index is 1.42. The highest BCUT2D eigenvalue weighted by Gasteiger charge is 2.18. The normalized spacial score (nSPS) is 15.2. The summed E-state index contributed by atoms with van der Waals surface area (Å²) in [5, 5.41) is 9.93. The minimum atomic E-state index is 0.250. The van der Waals surface area contributed by atoms with Crippen molar-refractivity contribution in [3.8, 4) is 0 Å². The van der Waals surface area contributed by atoms with Crippen LogP contribution in [0.15, 0.2) is 36.7 Å². The molecule has 4 heterocycles. The number of likely N-dealkylation sites (N-methyl/N-ethyl adjacent to an activating group) is 1. The summed E-state index contributed by atoms with van der Waals surface area (Å²) >= 11 is 0. The highest BCUT2D eigenvalue weighted by Crippen LogP contribution is 2.27. The molecule has 5 rings (SSSR count). The topological polar surface area (TPSA) is 75.0 Å². The van der Waals surface area contributed by atoms with Crippen molar-refractivity contribution in [2.75, 3.05) is 42.9 Å². The lowest BCUT2D eigenvalue weighted by atomic mass is 10.2. The third-order valence-corrected chi connectivity index (χ3v) is 6.25. The average Bonchev–Trinajstić information content (AvgIpc) is 3.24. The van der Waals surface area contributed by atoms with E-state index in [4.69, 9.17) is 9.97 Å². The molecule has 1 aromatic carbocycles. The average molecular weight is 431 g/mol. The number of pyridine rings is 1. The second kappa shape index (κ2) is 8.35. The van der Waals surface area contributed by atoms with Gasteiger partial charge in [0.1, 0.15) is 11.3 Å². The van der Waals surface area contributed by atoms with Crippen LogP contribution in [0.25, 0.3) is 21.8 Å². The van der Waals surface area contributed by atoms with Crippen LogP contribution in [-0.4, -0.2) is 62.4 Å². The van der Waals surface area contributed by atoms with Crippen LogP contribution in [-0.2, 0) is 0 Å². The molecule has 0 spiro atoms. The predicted molar refractivity (Wildman–Crippen MR) is 130 cm³/mol. The first-order valence-electron chi connectivity index (χ1n) is 11.4. The molecule has 0 atom stereocenters. The molecule has 32 heavy (non-hydrogen) atoms. The van der Waals surface area contributed by atoms with Gasteiger partial charge in [0.15, 0.2) is 0 Å². The van der Waals surface area contributed by atoms with E-state index in [1.54, 1.807) is 0 Å². The van der Waals surface area contributed by atoms with Crippen molar-refractivity contribution in [1.82, 2.24) is 29.6 Å². The first-order valence-corrected chi connectivity index (χ1v) is 11.4. The second-order valence-corrected chi connectivity index (χ2v) is 8.67. The number of aromatic nitrogens is 5. The number of aryl methyl sites for hydroxylation is 1. The SMILES string of the molecule is CCN1CCN(c2ccc(Nc3ncc4ccc5cnn(C(C)C)c5c4n3)nc2C)CC1. The number of piperazine rings is 1. The van der Waals surface area contributed by atoms with Crippen molar-refractivity contribution in [3.05, 3.63) is 42.4 Å². The molecule has 0 saturated carbocycles. The summed E-state index contributed by atoms with van der Waals surface area (Å²) in [6, 6.07) is 8.54. The van der Waals surface area contributed by atoms with Crippen molar-refractivity contribution in [2.24, 2.45) is 0 Å². The van der Waals surface area contributed by atoms with Crippen molar-refractivity contribution in [2.45, 2.75) is 33.7 Å². The molecule has 0 bridgehead atoms. The summed E-state index contributed by atoms with van der Waals surface area (Å²) in [5.74, 6) is 1.29. The van der Waals surface area contributed by atoms with E-state index in [2.05, 4.69) is 65.0 Å². The third-order valence-electron chi connectivity index (χ3n) is 6.25. The van der Waals surface area contributed by atoms with E-state index < -0.39 is 0 Å². The van der Waals surface area contributed by atoms with Gasteiger partial charge >= 0.3 is 0 Å². The summed E-state index contributed by atoms with van der Waals surface area (Å²) in [6.45, 7) is 13.9. The van der Waals surface area contributed by atoms with Gasteiger partial charge in [-0.15, -0.1) is 0 Å². The number of nitrogens with zero attached hydrogens (tertiary/aromatic N) is 7. The van der Waals surface area contributed by atoms with Gasteiger partial charge in [0.25, 0.3) is 0 Å². The fourth-order valence-electron chi connectivity index (χ4n) is 4.45. The molecule has 0 radical (unpaired) electrons. The Labute approximate surface area is 188 Å². The minimum Gasteiger partial charge on any atom is -0.368 e. The van der Waals surface area contributed by atoms with Gasteiger partial charge in [0, 0.05) is 49.2 Å². The zero-order valence-corrected chi connectivity index (χ0v) is 19.2. The summed E-state index contributed by atoms with van der Waals surface area (Å²) < 4.78 is 2.02. The molecule has 166 valence electrons. The first kappa shape index (κ1) is 20.6. The predicted octanol–water partition coefficient (Wildman–Crippen LogP) is 4.15. The molecular weight excluding hydrogens is 400 g/mol. The molecule has 0 amide bonds. The number of nitrogens with one attached hydrogen (secondary N) is 1. The fourth-order valence-corrected chi connectivity index (χ4v) is 4.45. The first-order chi connectivity index (χ1) is 15.5. The van der Waals surface area contributed by atoms with E-state index in [0.29, 0.717) is 5.95 Å². The fraction of sp³-hybridized carbons (Fsp3) is 0.417. The molecule has 3 aromatic heterocycles. The standard InChI is InChI=1S/C24H30N8/c1-5-30-10-12-31(13-11-30)20-8-9-21(27-17(20)4)28-24-25-14-18-6-7-19-15-26-32(16(2)3)23(19)22(18)29-24/h6-9,14-16H,5,10-13H2,1-4H3,(H,25,27,28,29). The lowest BCUT2D eigenvalue weighted by molar-refractivity contribution is 0.271. The van der Waals surface area contributed by atoms with Crippen LogP contribution in [0.1, 0.15) is 32.5 Å². The van der Waals surface area contributed by atoms with Crippen LogP contribution in [0.5, 0.6) is 0 Å². The summed E-state index contributed by atoms with van der Waals surface area (Å²) in [7, 11) is 0. The van der Waals surface area contributed by atoms with E-state index in [1.807, 2.05) is 29.2 Å². The van der Waals surface area contributed by atoms with E-state index in [9.17, 15) is 0 Å². The number of hydrogen-bond donors (Lipinski definition) is 1. The summed E-state index contributed by atoms with van der Waals surface area (Å²) in [6.07, 6.45) is 3.75. The van der Waals surface area contributed by atoms with Gasteiger partial charge in [-0.25, -0.2) is 15.0 Å². The summed E-state index contributed by atoms with van der Waals surface area (Å²) in [4.78, 5) is 19.1. The zero-order valence-electron chi connectivity index (χ0n) is 19.2. The Morgan fingerprint density at radius 3 is 2.47 bits per heavy atom. The number of anilines is 3. The molecule has 8 nitrogen and oxygen atoms in total. The Hall–Kier alpha value is -3.26. The maximum Gasteiger partial charge on any atom is 0.228 e. The lowest BCUT2D eigenvalue weighted by Gasteiger charge is -2.36. The third kappa shape index (κ3) is 3.75. The molecule has 0 aliphatic carbocycles. The second-order valence-electron chi connectivity index (χ2n) is 8.67. The van der Waals surface area contributed by atoms with E-state index in [-0.39, 0.29) is 6.04 Å². The van der Waals surface area contributed by atoms with E-state index in [1.165, 1.54) is 5.69 Å². The van der Waals surface area contributed by atoms with Gasteiger partial charge < -0.3 is 15.1 Å². The minimum absolute atomic E-state index is 0.250. The molecule has 8 heteroatoms. The maximum atomic E-state index is 4.83. The van der Waals surface area contributed by atoms with Crippen molar-refractivity contribution in [1.29, 1.82) is 0 Å². The Morgan fingerprint density at radius 1 is 0.969 bits per heavy atom. The molecule has 0 unspecified atom stereocenters. The van der Waals surface area contributed by atoms with Crippen LogP contribution in [0.4, 0.5) is 17.5 Å². The zero-order chi connectivity index (χ0) is 22.2. The number of rotatable bonds is 5. The van der Waals surface area contributed by atoms with E-state index in [0.717, 1.165) is 66.0 Å². The van der Waals surface area contributed by atoms with Crippen molar-refractivity contribution < 1.29 is 0 Å².